The molecule has 0 saturated carbocycles. The van der Waals surface area contributed by atoms with Crippen LogP contribution in [0.2, 0.25) is 0 Å². The van der Waals surface area contributed by atoms with Crippen molar-refractivity contribution >= 4 is 34.5 Å². The summed E-state index contributed by atoms with van der Waals surface area (Å²) in [7, 11) is 0. The molecule has 0 radical (unpaired) electrons. The Bertz CT molecular complexity index is 313. The van der Waals surface area contributed by atoms with Crippen LogP contribution in [-0.2, 0) is 9.53 Å². The van der Waals surface area contributed by atoms with Crippen LogP contribution in [0.25, 0.3) is 0 Å². The van der Waals surface area contributed by atoms with E-state index >= 15 is 0 Å². The molecule has 0 heterocycles. The molecule has 0 aromatic heterocycles. The molecule has 0 fully saturated rings. The van der Waals surface area contributed by atoms with Gasteiger partial charge in [0.05, 0.1) is 0 Å². The van der Waals surface area contributed by atoms with Crippen LogP contribution < -0.4 is 0 Å². The Kier molecular flexibility index (Phi) is 20.3. The lowest BCUT2D eigenvalue weighted by Crippen LogP contribution is -2.18. The third kappa shape index (κ3) is 17.7. The minimum atomic E-state index is 0.0104. The maximum Gasteiger partial charge on any atom is 0.306 e. The molecule has 0 rings (SSSR count). The Morgan fingerprint density at radius 2 is 1.42 bits per heavy atom. The summed E-state index contributed by atoms with van der Waals surface area (Å²) < 4.78 is 5.82. The summed E-state index contributed by atoms with van der Waals surface area (Å²) in [5.74, 6) is 0.0104. The predicted molar refractivity (Wildman–Crippen MR) is 122 cm³/mol. The molecule has 0 saturated heterocycles. The van der Waals surface area contributed by atoms with E-state index in [4.69, 9.17) is 4.74 Å². The fraction of sp³-hybridized carbons (Fsp3) is 0.955. The average molecular weight is 452 g/mol. The van der Waals surface area contributed by atoms with Crippen molar-refractivity contribution in [2.24, 2.45) is 0 Å². The first-order chi connectivity index (χ1) is 12.6. The smallest absolute Gasteiger partial charge is 0.306 e. The van der Waals surface area contributed by atoms with Crippen molar-refractivity contribution in [1.82, 2.24) is 0 Å². The van der Waals surface area contributed by atoms with E-state index < -0.39 is 0 Å². The third-order valence-electron chi connectivity index (χ3n) is 4.98. The molecule has 156 valence electrons. The van der Waals surface area contributed by atoms with Crippen LogP contribution in [0, 0.1) is 0 Å². The Morgan fingerprint density at radius 1 is 0.846 bits per heavy atom. The molecule has 0 aliphatic carbocycles. The van der Waals surface area contributed by atoms with E-state index in [0.717, 1.165) is 50.3 Å². The fourth-order valence-electron chi connectivity index (χ4n) is 3.16. The van der Waals surface area contributed by atoms with Gasteiger partial charge in [-0.15, -0.1) is 0 Å². The molecule has 0 aromatic carbocycles. The molecule has 0 N–H and O–H groups in total. The summed E-state index contributed by atoms with van der Waals surface area (Å²) in [6.45, 7) is 4.44. The predicted octanol–water partition coefficient (Wildman–Crippen LogP) is 7.87. The summed E-state index contributed by atoms with van der Waals surface area (Å²) in [6, 6.07) is 0. The van der Waals surface area contributed by atoms with Crippen LogP contribution in [0.4, 0.5) is 0 Å². The fourth-order valence-corrected chi connectivity index (χ4v) is 3.74. The molecular weight excluding hydrogens is 408 g/mol. The Morgan fingerprint density at radius 3 is 2.08 bits per heavy atom. The highest BCUT2D eigenvalue weighted by atomic mass is 79.9. The van der Waals surface area contributed by atoms with Gasteiger partial charge in [-0.2, -0.15) is 12.6 Å². The number of carbonyl (C=O) groups excluding carboxylic acids is 1. The van der Waals surface area contributed by atoms with Gasteiger partial charge in [0.2, 0.25) is 0 Å². The van der Waals surface area contributed by atoms with Crippen LogP contribution in [0.1, 0.15) is 117 Å². The van der Waals surface area contributed by atoms with Gasteiger partial charge in [-0.25, -0.2) is 0 Å². The number of carbonyl (C=O) groups is 1. The summed E-state index contributed by atoms with van der Waals surface area (Å²) in [6.07, 6.45) is 18.4. The normalized spacial score (nSPS) is 13.5. The highest BCUT2D eigenvalue weighted by molar-refractivity contribution is 9.09. The van der Waals surface area contributed by atoms with Crippen LogP contribution in [0.15, 0.2) is 0 Å². The highest BCUT2D eigenvalue weighted by Crippen LogP contribution is 2.18. The van der Waals surface area contributed by atoms with Gasteiger partial charge in [-0.3, -0.25) is 4.79 Å². The number of alkyl halides is 1. The summed E-state index contributed by atoms with van der Waals surface area (Å²) in [5, 5.41) is 1.54. The van der Waals surface area contributed by atoms with Crippen molar-refractivity contribution in [2.75, 3.05) is 5.33 Å². The average Bonchev–Trinajstić information content (AvgIpc) is 2.64. The Balaban J connectivity index is 4.06. The molecule has 2 atom stereocenters. The van der Waals surface area contributed by atoms with Gasteiger partial charge >= 0.3 is 5.97 Å². The largest absolute Gasteiger partial charge is 0.462 e. The van der Waals surface area contributed by atoms with Crippen LogP contribution >= 0.6 is 28.6 Å². The van der Waals surface area contributed by atoms with Gasteiger partial charge in [-0.1, -0.05) is 74.7 Å². The third-order valence-corrected chi connectivity index (χ3v) is 6.16. The number of esters is 1. The molecule has 0 aliphatic heterocycles. The number of ether oxygens (including phenoxy) is 1. The lowest BCUT2D eigenvalue weighted by atomic mass is 10.0. The lowest BCUT2D eigenvalue weighted by Gasteiger charge is -2.18. The first-order valence-corrected chi connectivity index (χ1v) is 12.7. The molecule has 2 unspecified atom stereocenters. The zero-order chi connectivity index (χ0) is 19.5. The van der Waals surface area contributed by atoms with Crippen molar-refractivity contribution in [3.05, 3.63) is 0 Å². The number of hydrogen-bond donors (Lipinski definition) is 1. The molecule has 0 aliphatic rings. The van der Waals surface area contributed by atoms with Crippen LogP contribution in [0.3, 0.4) is 0 Å². The minimum Gasteiger partial charge on any atom is -0.462 e. The second-order valence-corrected chi connectivity index (χ2v) is 9.04. The molecular formula is C22H43BrO2S. The van der Waals surface area contributed by atoms with E-state index in [2.05, 4.69) is 42.4 Å². The van der Waals surface area contributed by atoms with Gasteiger partial charge in [-0.05, 0) is 51.4 Å². The number of halogens is 1. The first-order valence-electron chi connectivity index (χ1n) is 11.1. The van der Waals surface area contributed by atoms with Crippen LogP contribution in [0.5, 0.6) is 0 Å². The van der Waals surface area contributed by atoms with Crippen LogP contribution in [-0.4, -0.2) is 22.7 Å². The zero-order valence-electron chi connectivity index (χ0n) is 17.3. The van der Waals surface area contributed by atoms with E-state index in [1.165, 1.54) is 51.4 Å². The zero-order valence-corrected chi connectivity index (χ0v) is 19.8. The molecule has 2 nitrogen and oxygen atoms in total. The molecule has 4 heteroatoms. The standard InChI is InChI=1S/C22H43BrO2S/c1-3-5-6-7-8-10-15-20(16-12-13-17-21(26)4-2)25-22(24)18-11-9-14-19-23/h20-21,26H,3-19H2,1-2H3. The minimum absolute atomic E-state index is 0.0104. The van der Waals surface area contributed by atoms with Gasteiger partial charge < -0.3 is 4.74 Å². The molecule has 0 bridgehead atoms. The van der Waals surface area contributed by atoms with E-state index in [9.17, 15) is 4.79 Å². The van der Waals surface area contributed by atoms with Crippen molar-refractivity contribution in [1.29, 1.82) is 0 Å². The number of unbranched alkanes of at least 4 members (excludes halogenated alkanes) is 8. The molecule has 0 amide bonds. The van der Waals surface area contributed by atoms with Crippen molar-refractivity contribution < 1.29 is 9.53 Å². The quantitative estimate of drug-likeness (QED) is 0.0936. The Labute approximate surface area is 177 Å². The van der Waals surface area contributed by atoms with E-state index in [1.807, 2.05) is 0 Å². The van der Waals surface area contributed by atoms with Crippen molar-refractivity contribution in [3.63, 3.8) is 0 Å². The number of rotatable bonds is 19. The summed E-state index contributed by atoms with van der Waals surface area (Å²) in [5.41, 5.74) is 0. The van der Waals surface area contributed by atoms with Crippen molar-refractivity contribution in [3.8, 4) is 0 Å². The second-order valence-electron chi connectivity index (χ2n) is 7.51. The van der Waals surface area contributed by atoms with E-state index in [1.54, 1.807) is 0 Å². The lowest BCUT2D eigenvalue weighted by molar-refractivity contribution is -0.150. The van der Waals surface area contributed by atoms with E-state index in [-0.39, 0.29) is 12.1 Å². The van der Waals surface area contributed by atoms with Crippen molar-refractivity contribution in [2.45, 2.75) is 128 Å². The first kappa shape index (κ1) is 26.3. The van der Waals surface area contributed by atoms with Gasteiger partial charge in [0, 0.05) is 17.0 Å². The van der Waals surface area contributed by atoms with Gasteiger partial charge in [0.25, 0.3) is 0 Å². The number of hydrogen-bond acceptors (Lipinski definition) is 3. The SMILES string of the molecule is CCCCCCCCC(CCCCC(S)CC)OC(=O)CCCCCBr. The summed E-state index contributed by atoms with van der Waals surface area (Å²) >= 11 is 8.01. The van der Waals surface area contributed by atoms with Gasteiger partial charge in [0.1, 0.15) is 6.10 Å². The molecule has 0 spiro atoms. The maximum absolute atomic E-state index is 12.1. The Hall–Kier alpha value is 0.300. The number of thiol groups is 1. The highest BCUT2D eigenvalue weighted by Gasteiger charge is 2.14. The monoisotopic (exact) mass is 450 g/mol. The summed E-state index contributed by atoms with van der Waals surface area (Å²) in [4.78, 5) is 12.1. The molecule has 0 aromatic rings. The second kappa shape index (κ2) is 20.0. The van der Waals surface area contributed by atoms with E-state index in [0.29, 0.717) is 11.7 Å². The maximum atomic E-state index is 12.1. The van der Waals surface area contributed by atoms with Gasteiger partial charge in [0.15, 0.2) is 0 Å². The molecule has 26 heavy (non-hydrogen) atoms. The topological polar surface area (TPSA) is 26.3 Å².